The fraction of sp³-hybridized carbons (Fsp3) is 0.182. The molecule has 1 aromatic carbocycles. The third kappa shape index (κ3) is 1.42. The van der Waals surface area contributed by atoms with Crippen LogP contribution in [0.15, 0.2) is 18.2 Å². The number of H-pyrrole nitrogens is 1. The van der Waals surface area contributed by atoms with E-state index in [-0.39, 0.29) is 5.78 Å². The van der Waals surface area contributed by atoms with E-state index in [2.05, 4.69) is 4.98 Å². The quantitative estimate of drug-likeness (QED) is 0.715. The maximum atomic E-state index is 11.1. The Bertz CT molecular complexity index is 513. The average molecular weight is 208 g/mol. The van der Waals surface area contributed by atoms with Crippen LogP contribution in [0.4, 0.5) is 0 Å². The van der Waals surface area contributed by atoms with Crippen LogP contribution in [-0.2, 0) is 0 Å². The Morgan fingerprint density at radius 1 is 1.36 bits per heavy atom. The van der Waals surface area contributed by atoms with Crippen molar-refractivity contribution >= 4 is 28.3 Å². The zero-order valence-corrected chi connectivity index (χ0v) is 8.77. The molecule has 0 aliphatic carbocycles. The van der Waals surface area contributed by atoms with Gasteiger partial charge in [0.05, 0.1) is 5.69 Å². The highest BCUT2D eigenvalue weighted by Crippen LogP contribution is 2.24. The maximum Gasteiger partial charge on any atom is 0.175 e. The molecule has 72 valence electrons. The Balaban J connectivity index is 2.76. The van der Waals surface area contributed by atoms with E-state index in [1.54, 1.807) is 6.92 Å². The summed E-state index contributed by atoms with van der Waals surface area (Å²) < 4.78 is 0. The molecular formula is C11H10ClNO. The number of halogens is 1. The zero-order chi connectivity index (χ0) is 10.3. The average Bonchev–Trinajstić information content (AvgIpc) is 2.47. The number of aromatic nitrogens is 1. The first-order valence-corrected chi connectivity index (χ1v) is 4.75. The molecule has 0 amide bonds. The van der Waals surface area contributed by atoms with Crippen LogP contribution >= 0.6 is 11.6 Å². The molecule has 0 saturated carbocycles. The molecule has 0 unspecified atom stereocenters. The van der Waals surface area contributed by atoms with Gasteiger partial charge in [-0.25, -0.2) is 0 Å². The van der Waals surface area contributed by atoms with Crippen molar-refractivity contribution in [2.75, 3.05) is 0 Å². The molecular weight excluding hydrogens is 198 g/mol. The van der Waals surface area contributed by atoms with Crippen LogP contribution in [0.3, 0.4) is 0 Å². The molecule has 0 aliphatic heterocycles. The van der Waals surface area contributed by atoms with E-state index in [1.165, 1.54) is 0 Å². The molecule has 1 heterocycles. The lowest BCUT2D eigenvalue weighted by Crippen LogP contribution is -1.89. The number of hydrogen-bond acceptors (Lipinski definition) is 1. The molecule has 0 fully saturated rings. The van der Waals surface area contributed by atoms with Crippen molar-refractivity contribution in [3.8, 4) is 0 Å². The normalized spacial score (nSPS) is 10.8. The summed E-state index contributed by atoms with van der Waals surface area (Å²) in [5.41, 5.74) is 2.63. The van der Waals surface area contributed by atoms with Gasteiger partial charge in [0.1, 0.15) is 0 Å². The summed E-state index contributed by atoms with van der Waals surface area (Å²) in [5, 5.41) is 1.74. The van der Waals surface area contributed by atoms with Crippen LogP contribution < -0.4 is 0 Å². The number of rotatable bonds is 1. The Morgan fingerprint density at radius 2 is 2.07 bits per heavy atom. The van der Waals surface area contributed by atoms with Gasteiger partial charge in [0.2, 0.25) is 0 Å². The number of carbonyl (C=O) groups is 1. The first-order valence-electron chi connectivity index (χ1n) is 4.38. The van der Waals surface area contributed by atoms with Gasteiger partial charge in [0.25, 0.3) is 0 Å². The van der Waals surface area contributed by atoms with Gasteiger partial charge < -0.3 is 4.98 Å². The van der Waals surface area contributed by atoms with E-state index in [0.29, 0.717) is 10.7 Å². The number of carbonyl (C=O) groups excluding carboxylic acids is 1. The molecule has 14 heavy (non-hydrogen) atoms. The minimum atomic E-state index is 0.0386. The highest BCUT2D eigenvalue weighted by molar-refractivity contribution is 6.31. The molecule has 0 saturated heterocycles. The summed E-state index contributed by atoms with van der Waals surface area (Å²) in [7, 11) is 0. The maximum absolute atomic E-state index is 11.1. The number of nitrogens with one attached hydrogen (secondary N) is 1. The van der Waals surface area contributed by atoms with Gasteiger partial charge >= 0.3 is 0 Å². The van der Waals surface area contributed by atoms with Crippen LogP contribution in [0.5, 0.6) is 0 Å². The molecule has 2 rings (SSSR count). The van der Waals surface area contributed by atoms with Crippen molar-refractivity contribution in [1.29, 1.82) is 0 Å². The number of ketones is 1. The smallest absolute Gasteiger partial charge is 0.175 e. The van der Waals surface area contributed by atoms with Crippen LogP contribution in [0.25, 0.3) is 10.9 Å². The standard InChI is InChI=1S/C11H10ClNO/c1-6-3-8(12)4-11-9(6)5-10(13-11)7(2)14/h3-5,13H,1-2H3. The molecule has 0 radical (unpaired) electrons. The summed E-state index contributed by atoms with van der Waals surface area (Å²) in [4.78, 5) is 14.2. The SMILES string of the molecule is CC(=O)c1cc2c(C)cc(Cl)cc2[nH]1. The Labute approximate surface area is 86.9 Å². The molecule has 0 aliphatic rings. The first kappa shape index (κ1) is 9.28. The third-order valence-corrected chi connectivity index (χ3v) is 2.51. The second kappa shape index (κ2) is 3.14. The molecule has 1 aromatic heterocycles. The fourth-order valence-corrected chi connectivity index (χ4v) is 1.84. The number of benzene rings is 1. The van der Waals surface area contributed by atoms with Crippen LogP contribution in [0, 0.1) is 6.92 Å². The summed E-state index contributed by atoms with van der Waals surface area (Å²) in [6.07, 6.45) is 0. The van der Waals surface area contributed by atoms with Gasteiger partial charge in [-0.15, -0.1) is 0 Å². The lowest BCUT2D eigenvalue weighted by Gasteiger charge is -1.96. The largest absolute Gasteiger partial charge is 0.352 e. The molecule has 2 aromatic rings. The van der Waals surface area contributed by atoms with E-state index in [4.69, 9.17) is 11.6 Å². The van der Waals surface area contributed by atoms with Gasteiger partial charge in [-0.1, -0.05) is 11.6 Å². The summed E-state index contributed by atoms with van der Waals surface area (Å²) in [6.45, 7) is 3.52. The van der Waals surface area contributed by atoms with E-state index in [1.807, 2.05) is 25.1 Å². The Morgan fingerprint density at radius 3 is 2.71 bits per heavy atom. The lowest BCUT2D eigenvalue weighted by molar-refractivity contribution is 0.101. The van der Waals surface area contributed by atoms with Crippen molar-refractivity contribution < 1.29 is 4.79 Å². The van der Waals surface area contributed by atoms with Crippen LogP contribution in [-0.4, -0.2) is 10.8 Å². The molecule has 3 heteroatoms. The summed E-state index contributed by atoms with van der Waals surface area (Å²) in [5.74, 6) is 0.0386. The number of aromatic amines is 1. The molecule has 0 atom stereocenters. The first-order chi connectivity index (χ1) is 6.58. The van der Waals surface area contributed by atoms with E-state index >= 15 is 0 Å². The van der Waals surface area contributed by atoms with Crippen molar-refractivity contribution in [2.45, 2.75) is 13.8 Å². The minimum Gasteiger partial charge on any atom is -0.352 e. The number of hydrogen-bond donors (Lipinski definition) is 1. The Hall–Kier alpha value is -1.28. The van der Waals surface area contributed by atoms with E-state index < -0.39 is 0 Å². The van der Waals surface area contributed by atoms with Gasteiger partial charge in [-0.05, 0) is 30.7 Å². The van der Waals surface area contributed by atoms with Crippen molar-refractivity contribution in [3.63, 3.8) is 0 Å². The molecule has 1 N–H and O–H groups in total. The fourth-order valence-electron chi connectivity index (χ4n) is 1.56. The predicted octanol–water partition coefficient (Wildman–Crippen LogP) is 3.33. The van der Waals surface area contributed by atoms with Crippen molar-refractivity contribution in [1.82, 2.24) is 4.98 Å². The molecule has 0 spiro atoms. The highest BCUT2D eigenvalue weighted by atomic mass is 35.5. The number of fused-ring (bicyclic) bond motifs is 1. The highest BCUT2D eigenvalue weighted by Gasteiger charge is 2.07. The van der Waals surface area contributed by atoms with Gasteiger partial charge in [-0.3, -0.25) is 4.79 Å². The summed E-state index contributed by atoms with van der Waals surface area (Å²) in [6, 6.07) is 5.58. The second-order valence-electron chi connectivity index (χ2n) is 3.42. The Kier molecular flexibility index (Phi) is 2.08. The molecule has 0 bridgehead atoms. The summed E-state index contributed by atoms with van der Waals surface area (Å²) >= 11 is 5.91. The number of aryl methyl sites for hydroxylation is 1. The van der Waals surface area contributed by atoms with E-state index in [9.17, 15) is 4.79 Å². The van der Waals surface area contributed by atoms with Crippen LogP contribution in [0.2, 0.25) is 5.02 Å². The van der Waals surface area contributed by atoms with Gasteiger partial charge in [0, 0.05) is 22.8 Å². The topological polar surface area (TPSA) is 32.9 Å². The van der Waals surface area contributed by atoms with E-state index in [0.717, 1.165) is 16.5 Å². The lowest BCUT2D eigenvalue weighted by atomic mass is 10.1. The van der Waals surface area contributed by atoms with Gasteiger partial charge in [-0.2, -0.15) is 0 Å². The van der Waals surface area contributed by atoms with Gasteiger partial charge in [0.15, 0.2) is 5.78 Å². The molecule has 2 nitrogen and oxygen atoms in total. The third-order valence-electron chi connectivity index (χ3n) is 2.29. The van der Waals surface area contributed by atoms with Crippen molar-refractivity contribution in [2.24, 2.45) is 0 Å². The van der Waals surface area contributed by atoms with Crippen molar-refractivity contribution in [3.05, 3.63) is 34.5 Å². The van der Waals surface area contributed by atoms with Crippen LogP contribution in [0.1, 0.15) is 23.0 Å². The predicted molar refractivity (Wildman–Crippen MR) is 58.1 cm³/mol. The minimum absolute atomic E-state index is 0.0386. The monoisotopic (exact) mass is 207 g/mol. The number of Topliss-reactive ketones (excluding diaryl/α,β-unsaturated/α-hetero) is 1. The second-order valence-corrected chi connectivity index (χ2v) is 3.86. The zero-order valence-electron chi connectivity index (χ0n) is 8.02.